The molecule has 27 heavy (non-hydrogen) atoms. The van der Waals surface area contributed by atoms with Crippen LogP contribution in [0.25, 0.3) is 11.0 Å². The van der Waals surface area contributed by atoms with E-state index in [4.69, 9.17) is 14.2 Å². The second-order valence-corrected chi connectivity index (χ2v) is 5.37. The van der Waals surface area contributed by atoms with E-state index in [9.17, 15) is 19.2 Å². The Morgan fingerprint density at radius 2 is 1.56 bits per heavy atom. The fraction of sp³-hybridized carbons (Fsp3) is 0.412. The van der Waals surface area contributed by atoms with Crippen LogP contribution in [-0.4, -0.2) is 54.2 Å². The van der Waals surface area contributed by atoms with Crippen molar-refractivity contribution in [2.45, 2.75) is 13.8 Å². The van der Waals surface area contributed by atoms with Gasteiger partial charge in [0.1, 0.15) is 6.61 Å². The van der Waals surface area contributed by atoms with Crippen molar-refractivity contribution in [3.63, 3.8) is 0 Å². The van der Waals surface area contributed by atoms with Gasteiger partial charge < -0.3 is 29.5 Å². The van der Waals surface area contributed by atoms with Crippen LogP contribution in [0.5, 0.6) is 0 Å². The van der Waals surface area contributed by atoms with Crippen molar-refractivity contribution in [2.75, 3.05) is 31.7 Å². The molecular weight excluding hydrogens is 358 g/mol. The number of benzene rings is 1. The molecule has 0 spiro atoms. The highest BCUT2D eigenvalue weighted by atomic mass is 16.6. The van der Waals surface area contributed by atoms with Crippen LogP contribution in [0.15, 0.2) is 23.0 Å². The second-order valence-electron chi connectivity index (χ2n) is 5.37. The van der Waals surface area contributed by atoms with Crippen LogP contribution in [0, 0.1) is 5.92 Å². The van der Waals surface area contributed by atoms with E-state index in [1.165, 1.54) is 0 Å². The van der Waals surface area contributed by atoms with Gasteiger partial charge in [0, 0.05) is 12.2 Å². The van der Waals surface area contributed by atoms with E-state index in [1.807, 2.05) is 0 Å². The molecule has 10 nitrogen and oxygen atoms in total. The zero-order valence-electron chi connectivity index (χ0n) is 15.0. The second kappa shape index (κ2) is 9.41. The fourth-order valence-corrected chi connectivity index (χ4v) is 2.31. The molecule has 0 aliphatic carbocycles. The third kappa shape index (κ3) is 5.33. The highest BCUT2D eigenvalue weighted by Crippen LogP contribution is 2.14. The van der Waals surface area contributed by atoms with Gasteiger partial charge in [-0.2, -0.15) is 0 Å². The number of esters is 3. The number of aromatic amines is 2. The molecule has 1 heterocycles. The van der Waals surface area contributed by atoms with Gasteiger partial charge in [0.15, 0.2) is 0 Å². The quantitative estimate of drug-likeness (QED) is 0.248. The molecule has 0 saturated carbocycles. The SMILES string of the molecule is CCOC(=O)C(C(=O)OCC)C(=O)OCCNc1ccc2[nH]c(=O)[nH]c2c1. The lowest BCUT2D eigenvalue weighted by atomic mass is 10.1. The molecule has 0 aliphatic heterocycles. The standard InChI is InChI=1S/C17H21N3O7/c1-3-25-14(21)13(15(22)26-4-2)16(23)27-8-7-18-10-5-6-11-12(9-10)20-17(24)19-11/h5-6,9,13,18H,3-4,7-8H2,1-2H3,(H2,19,20,24). The molecule has 0 fully saturated rings. The summed E-state index contributed by atoms with van der Waals surface area (Å²) in [6, 6.07) is 5.18. The monoisotopic (exact) mass is 379 g/mol. The summed E-state index contributed by atoms with van der Waals surface area (Å²) in [4.78, 5) is 52.2. The predicted octanol–water partition coefficient (Wildman–Crippen LogP) is 0.554. The first-order valence-electron chi connectivity index (χ1n) is 8.42. The number of ether oxygens (including phenoxy) is 3. The number of carbonyl (C=O) groups excluding carboxylic acids is 3. The Bertz CT molecular complexity index is 853. The summed E-state index contributed by atoms with van der Waals surface area (Å²) in [7, 11) is 0. The molecule has 10 heteroatoms. The lowest BCUT2D eigenvalue weighted by molar-refractivity contribution is -0.171. The normalized spacial score (nSPS) is 10.6. The topological polar surface area (TPSA) is 140 Å². The minimum atomic E-state index is -1.76. The fourth-order valence-electron chi connectivity index (χ4n) is 2.31. The van der Waals surface area contributed by atoms with Crippen molar-refractivity contribution in [1.29, 1.82) is 0 Å². The molecule has 0 atom stereocenters. The highest BCUT2D eigenvalue weighted by Gasteiger charge is 2.38. The van der Waals surface area contributed by atoms with Crippen molar-refractivity contribution in [1.82, 2.24) is 9.97 Å². The van der Waals surface area contributed by atoms with E-state index in [2.05, 4.69) is 15.3 Å². The third-order valence-electron chi connectivity index (χ3n) is 3.47. The Morgan fingerprint density at radius 3 is 2.19 bits per heavy atom. The number of imidazole rings is 1. The number of H-pyrrole nitrogens is 2. The number of rotatable bonds is 9. The van der Waals surface area contributed by atoms with Crippen molar-refractivity contribution in [3.8, 4) is 0 Å². The lowest BCUT2D eigenvalue weighted by Gasteiger charge is -2.14. The van der Waals surface area contributed by atoms with Gasteiger partial charge in [0.05, 0.1) is 24.2 Å². The molecule has 1 aromatic heterocycles. The molecule has 0 amide bonds. The number of hydrogen-bond donors (Lipinski definition) is 3. The molecule has 2 aromatic rings. The number of aromatic nitrogens is 2. The van der Waals surface area contributed by atoms with Gasteiger partial charge in [-0.05, 0) is 32.0 Å². The minimum Gasteiger partial charge on any atom is -0.465 e. The van der Waals surface area contributed by atoms with Gasteiger partial charge in [-0.15, -0.1) is 0 Å². The molecule has 3 N–H and O–H groups in total. The maximum absolute atomic E-state index is 12.1. The molecular formula is C17H21N3O7. The van der Waals surface area contributed by atoms with E-state index < -0.39 is 23.8 Å². The van der Waals surface area contributed by atoms with E-state index >= 15 is 0 Å². The molecule has 0 radical (unpaired) electrons. The Kier molecular flexibility index (Phi) is 6.98. The van der Waals surface area contributed by atoms with Crippen molar-refractivity contribution >= 4 is 34.6 Å². The zero-order valence-corrected chi connectivity index (χ0v) is 15.0. The minimum absolute atomic E-state index is 0.0211. The molecule has 0 bridgehead atoms. The third-order valence-corrected chi connectivity index (χ3v) is 3.47. The lowest BCUT2D eigenvalue weighted by Crippen LogP contribution is -2.36. The van der Waals surface area contributed by atoms with E-state index in [1.54, 1.807) is 32.0 Å². The van der Waals surface area contributed by atoms with E-state index in [0.717, 1.165) is 0 Å². The maximum Gasteiger partial charge on any atom is 0.332 e. The Morgan fingerprint density at radius 1 is 0.963 bits per heavy atom. The van der Waals surface area contributed by atoms with Crippen LogP contribution >= 0.6 is 0 Å². The Labute approximate surface area is 154 Å². The summed E-state index contributed by atoms with van der Waals surface area (Å²) in [5, 5.41) is 3.00. The molecule has 0 aliphatic rings. The molecule has 2 rings (SSSR count). The summed E-state index contributed by atoms with van der Waals surface area (Å²) < 4.78 is 14.4. The first-order valence-corrected chi connectivity index (χ1v) is 8.42. The maximum atomic E-state index is 12.1. The summed E-state index contributed by atoms with van der Waals surface area (Å²) in [6.07, 6.45) is 0. The van der Waals surface area contributed by atoms with Crippen LogP contribution in [0.4, 0.5) is 5.69 Å². The summed E-state index contributed by atoms with van der Waals surface area (Å²) in [5.74, 6) is -4.79. The van der Waals surface area contributed by atoms with Crippen LogP contribution in [0.1, 0.15) is 13.8 Å². The molecule has 0 unspecified atom stereocenters. The number of fused-ring (bicyclic) bond motifs is 1. The first-order chi connectivity index (χ1) is 13.0. The molecule has 1 aromatic carbocycles. The molecule has 0 saturated heterocycles. The largest absolute Gasteiger partial charge is 0.465 e. The predicted molar refractivity (Wildman–Crippen MR) is 95.1 cm³/mol. The Balaban J connectivity index is 1.88. The van der Waals surface area contributed by atoms with Gasteiger partial charge >= 0.3 is 23.6 Å². The number of hydrogen-bond acceptors (Lipinski definition) is 8. The summed E-state index contributed by atoms with van der Waals surface area (Å²) in [5.41, 5.74) is 1.69. The average molecular weight is 379 g/mol. The highest BCUT2D eigenvalue weighted by molar-refractivity contribution is 6.12. The van der Waals surface area contributed by atoms with Gasteiger partial charge in [0.25, 0.3) is 5.92 Å². The van der Waals surface area contributed by atoms with Crippen molar-refractivity contribution < 1.29 is 28.6 Å². The average Bonchev–Trinajstić information content (AvgIpc) is 2.98. The summed E-state index contributed by atoms with van der Waals surface area (Å²) in [6.45, 7) is 3.30. The number of carbonyl (C=O) groups is 3. The van der Waals surface area contributed by atoms with Crippen molar-refractivity contribution in [2.24, 2.45) is 5.92 Å². The summed E-state index contributed by atoms with van der Waals surface area (Å²) >= 11 is 0. The van der Waals surface area contributed by atoms with E-state index in [-0.39, 0.29) is 32.1 Å². The van der Waals surface area contributed by atoms with E-state index in [0.29, 0.717) is 16.7 Å². The van der Waals surface area contributed by atoms with Crippen LogP contribution in [0.3, 0.4) is 0 Å². The van der Waals surface area contributed by atoms with Crippen LogP contribution in [-0.2, 0) is 28.6 Å². The zero-order chi connectivity index (χ0) is 19.8. The first kappa shape index (κ1) is 20.0. The number of anilines is 1. The smallest absolute Gasteiger partial charge is 0.332 e. The molecule has 146 valence electrons. The Hall–Kier alpha value is -3.30. The van der Waals surface area contributed by atoms with Crippen LogP contribution in [0.2, 0.25) is 0 Å². The van der Waals surface area contributed by atoms with Crippen molar-refractivity contribution in [3.05, 3.63) is 28.7 Å². The van der Waals surface area contributed by atoms with Gasteiger partial charge in [-0.1, -0.05) is 0 Å². The van der Waals surface area contributed by atoms with Crippen LogP contribution < -0.4 is 11.0 Å². The number of nitrogens with one attached hydrogen (secondary N) is 3. The van der Waals surface area contributed by atoms with Gasteiger partial charge in [0.2, 0.25) is 0 Å². The van der Waals surface area contributed by atoms with Gasteiger partial charge in [-0.25, -0.2) is 4.79 Å². The van der Waals surface area contributed by atoms with Gasteiger partial charge in [-0.3, -0.25) is 14.4 Å².